The summed E-state index contributed by atoms with van der Waals surface area (Å²) in [5.74, 6) is 0.121. The molecule has 3 nitrogen and oxygen atoms in total. The Bertz CT molecular complexity index is 318. The summed E-state index contributed by atoms with van der Waals surface area (Å²) in [7, 11) is 0. The van der Waals surface area contributed by atoms with Gasteiger partial charge in [-0.05, 0) is 18.6 Å². The van der Waals surface area contributed by atoms with Crippen LogP contribution in [0.1, 0.15) is 25.8 Å². The van der Waals surface area contributed by atoms with Crippen molar-refractivity contribution in [3.05, 3.63) is 24.2 Å². The Morgan fingerprint density at radius 1 is 1.69 bits per heavy atom. The number of carbonyl (C=O) groups excluding carboxylic acids is 1. The fraction of sp³-hybridized carbons (Fsp3) is 0.500. The van der Waals surface area contributed by atoms with Gasteiger partial charge in [0.05, 0.1) is 12.5 Å². The Hall–Kier alpha value is -1.25. The maximum absolute atomic E-state index is 11.2. The molecule has 2 heterocycles. The highest BCUT2D eigenvalue weighted by Crippen LogP contribution is 2.35. The molecular weight excluding hydrogens is 166 g/mol. The van der Waals surface area contributed by atoms with E-state index < -0.39 is 0 Å². The number of nitrogens with one attached hydrogen (secondary N) is 1. The highest BCUT2D eigenvalue weighted by atomic mass is 16.3. The van der Waals surface area contributed by atoms with Gasteiger partial charge in [-0.15, -0.1) is 0 Å². The maximum Gasteiger partial charge on any atom is 0.221 e. The van der Waals surface area contributed by atoms with E-state index in [-0.39, 0.29) is 17.4 Å². The highest BCUT2D eigenvalue weighted by Gasteiger charge is 2.42. The molecule has 0 saturated carbocycles. The van der Waals surface area contributed by atoms with E-state index in [2.05, 4.69) is 12.2 Å². The number of rotatable bonds is 1. The summed E-state index contributed by atoms with van der Waals surface area (Å²) >= 11 is 0. The Kier molecular flexibility index (Phi) is 1.68. The molecule has 0 bridgehead atoms. The van der Waals surface area contributed by atoms with Crippen molar-refractivity contribution in [2.45, 2.75) is 31.7 Å². The topological polar surface area (TPSA) is 42.2 Å². The van der Waals surface area contributed by atoms with Crippen LogP contribution in [-0.2, 0) is 10.2 Å². The van der Waals surface area contributed by atoms with Gasteiger partial charge in [0.25, 0.3) is 0 Å². The van der Waals surface area contributed by atoms with Crippen molar-refractivity contribution in [1.29, 1.82) is 0 Å². The van der Waals surface area contributed by atoms with Crippen LogP contribution in [0, 0.1) is 0 Å². The van der Waals surface area contributed by atoms with Crippen LogP contribution in [0.5, 0.6) is 0 Å². The minimum atomic E-state index is -0.107. The van der Waals surface area contributed by atoms with Crippen LogP contribution >= 0.6 is 0 Å². The molecule has 2 rings (SSSR count). The minimum absolute atomic E-state index is 0.107. The number of carbonyl (C=O) groups is 1. The molecule has 0 radical (unpaired) electrons. The predicted molar refractivity (Wildman–Crippen MR) is 48.3 cm³/mol. The molecule has 0 aromatic carbocycles. The van der Waals surface area contributed by atoms with Crippen LogP contribution in [0.4, 0.5) is 0 Å². The van der Waals surface area contributed by atoms with Gasteiger partial charge in [0.1, 0.15) is 0 Å². The lowest BCUT2D eigenvalue weighted by molar-refractivity contribution is -0.119. The first-order chi connectivity index (χ1) is 6.13. The van der Waals surface area contributed by atoms with Gasteiger partial charge in [0.15, 0.2) is 0 Å². The standard InChI is InChI=1S/C10H13NO2/c1-7-10(2,5-9(12)11-7)8-3-4-13-6-8/h3-4,6-7H,5H2,1-2H3,(H,11,12). The van der Waals surface area contributed by atoms with Crippen LogP contribution in [0.3, 0.4) is 0 Å². The van der Waals surface area contributed by atoms with E-state index in [9.17, 15) is 4.79 Å². The average molecular weight is 179 g/mol. The Balaban J connectivity index is 2.36. The van der Waals surface area contributed by atoms with E-state index in [0.717, 1.165) is 5.56 Å². The van der Waals surface area contributed by atoms with Crippen LogP contribution in [0.25, 0.3) is 0 Å². The molecule has 1 aromatic heterocycles. The van der Waals surface area contributed by atoms with Crippen molar-refractivity contribution in [1.82, 2.24) is 5.32 Å². The highest BCUT2D eigenvalue weighted by molar-refractivity contribution is 5.81. The summed E-state index contributed by atoms with van der Waals surface area (Å²) in [5, 5.41) is 2.92. The average Bonchev–Trinajstić information content (AvgIpc) is 2.61. The van der Waals surface area contributed by atoms with Crippen LogP contribution in [-0.4, -0.2) is 11.9 Å². The third-order valence-electron chi connectivity index (χ3n) is 3.04. The second-order valence-electron chi connectivity index (χ2n) is 3.90. The van der Waals surface area contributed by atoms with Crippen molar-refractivity contribution < 1.29 is 9.21 Å². The van der Waals surface area contributed by atoms with Crippen molar-refractivity contribution >= 4 is 5.91 Å². The monoisotopic (exact) mass is 179 g/mol. The van der Waals surface area contributed by atoms with E-state index in [1.54, 1.807) is 12.5 Å². The van der Waals surface area contributed by atoms with Crippen molar-refractivity contribution in [3.8, 4) is 0 Å². The molecule has 3 heteroatoms. The van der Waals surface area contributed by atoms with E-state index >= 15 is 0 Å². The molecule has 2 unspecified atom stereocenters. The number of hydrogen-bond donors (Lipinski definition) is 1. The van der Waals surface area contributed by atoms with Gasteiger partial charge < -0.3 is 9.73 Å². The second-order valence-corrected chi connectivity index (χ2v) is 3.90. The van der Waals surface area contributed by atoms with Crippen molar-refractivity contribution in [3.63, 3.8) is 0 Å². The fourth-order valence-electron chi connectivity index (χ4n) is 1.88. The smallest absolute Gasteiger partial charge is 0.221 e. The number of hydrogen-bond acceptors (Lipinski definition) is 2. The molecule has 2 atom stereocenters. The van der Waals surface area contributed by atoms with E-state index in [4.69, 9.17) is 4.42 Å². The SMILES string of the molecule is CC1NC(=O)CC1(C)c1ccoc1. The Morgan fingerprint density at radius 3 is 2.92 bits per heavy atom. The van der Waals surface area contributed by atoms with Crippen LogP contribution in [0.15, 0.2) is 23.0 Å². The van der Waals surface area contributed by atoms with Gasteiger partial charge in [-0.25, -0.2) is 0 Å². The van der Waals surface area contributed by atoms with E-state index in [1.807, 2.05) is 13.0 Å². The molecule has 1 aromatic rings. The first kappa shape index (κ1) is 8.35. The molecule has 1 saturated heterocycles. The lowest BCUT2D eigenvalue weighted by Crippen LogP contribution is -2.35. The normalized spacial score (nSPS) is 33.4. The van der Waals surface area contributed by atoms with Crippen molar-refractivity contribution in [2.24, 2.45) is 0 Å². The van der Waals surface area contributed by atoms with Gasteiger partial charge >= 0.3 is 0 Å². The first-order valence-electron chi connectivity index (χ1n) is 4.45. The molecule has 1 aliphatic heterocycles. The number of furan rings is 1. The lowest BCUT2D eigenvalue weighted by atomic mass is 9.78. The molecule has 70 valence electrons. The third kappa shape index (κ3) is 1.15. The van der Waals surface area contributed by atoms with Gasteiger partial charge in [-0.2, -0.15) is 0 Å². The van der Waals surface area contributed by atoms with E-state index in [0.29, 0.717) is 6.42 Å². The molecule has 1 fully saturated rings. The minimum Gasteiger partial charge on any atom is -0.472 e. The predicted octanol–water partition coefficient (Wildman–Crippen LogP) is 1.45. The number of amides is 1. The zero-order valence-electron chi connectivity index (χ0n) is 7.83. The molecule has 0 spiro atoms. The quantitative estimate of drug-likeness (QED) is 0.709. The molecule has 13 heavy (non-hydrogen) atoms. The summed E-state index contributed by atoms with van der Waals surface area (Å²) in [6.45, 7) is 4.11. The van der Waals surface area contributed by atoms with Crippen LogP contribution in [0.2, 0.25) is 0 Å². The Morgan fingerprint density at radius 2 is 2.46 bits per heavy atom. The lowest BCUT2D eigenvalue weighted by Gasteiger charge is -2.25. The second kappa shape index (κ2) is 2.62. The third-order valence-corrected chi connectivity index (χ3v) is 3.04. The Labute approximate surface area is 77.1 Å². The first-order valence-corrected chi connectivity index (χ1v) is 4.45. The van der Waals surface area contributed by atoms with E-state index in [1.165, 1.54) is 0 Å². The maximum atomic E-state index is 11.2. The fourth-order valence-corrected chi connectivity index (χ4v) is 1.88. The zero-order valence-corrected chi connectivity index (χ0v) is 7.83. The molecular formula is C10H13NO2. The van der Waals surface area contributed by atoms with Crippen molar-refractivity contribution in [2.75, 3.05) is 0 Å². The molecule has 1 N–H and O–H groups in total. The van der Waals surface area contributed by atoms with Gasteiger partial charge in [-0.3, -0.25) is 4.79 Å². The molecule has 1 aliphatic rings. The molecule has 0 aliphatic carbocycles. The largest absolute Gasteiger partial charge is 0.472 e. The summed E-state index contributed by atoms with van der Waals surface area (Å²) < 4.78 is 5.04. The summed E-state index contributed by atoms with van der Waals surface area (Å²) in [5.41, 5.74) is 0.989. The van der Waals surface area contributed by atoms with Gasteiger partial charge in [-0.1, -0.05) is 6.92 Å². The summed E-state index contributed by atoms with van der Waals surface area (Å²) in [6.07, 6.45) is 3.92. The van der Waals surface area contributed by atoms with Gasteiger partial charge in [0, 0.05) is 17.9 Å². The van der Waals surface area contributed by atoms with Gasteiger partial charge in [0.2, 0.25) is 5.91 Å². The van der Waals surface area contributed by atoms with Crippen LogP contribution < -0.4 is 5.32 Å². The summed E-state index contributed by atoms with van der Waals surface area (Å²) in [4.78, 5) is 11.2. The summed E-state index contributed by atoms with van der Waals surface area (Å²) in [6, 6.07) is 2.11. The molecule has 1 amide bonds. The zero-order chi connectivity index (χ0) is 9.47.